The van der Waals surface area contributed by atoms with E-state index in [-0.39, 0.29) is 0 Å². The van der Waals surface area contributed by atoms with Crippen LogP contribution in [-0.2, 0) is 6.54 Å². The second-order valence-corrected chi connectivity index (χ2v) is 5.19. The van der Waals surface area contributed by atoms with Gasteiger partial charge in [0.1, 0.15) is 0 Å². The molecule has 0 amide bonds. The minimum atomic E-state index is 0.930. The van der Waals surface area contributed by atoms with Crippen LogP contribution in [0.5, 0.6) is 0 Å². The second-order valence-electron chi connectivity index (χ2n) is 5.19. The molecule has 0 saturated carbocycles. The zero-order valence-corrected chi connectivity index (χ0v) is 12.4. The molecule has 1 N–H and O–H groups in total. The van der Waals surface area contributed by atoms with Crippen molar-refractivity contribution >= 4 is 0 Å². The van der Waals surface area contributed by atoms with Crippen LogP contribution in [0.2, 0.25) is 0 Å². The molecule has 2 aromatic rings. The standard InChI is InChI=1S/C18H23N/c1-5-19-12-16-10-9-13(2)11-18(16)17-8-6-7-14(3)15(17)4/h6-11,19H,5,12H2,1-4H3. The molecule has 0 radical (unpaired) electrons. The van der Waals surface area contributed by atoms with Crippen molar-refractivity contribution in [3.63, 3.8) is 0 Å². The molecule has 0 heterocycles. The van der Waals surface area contributed by atoms with Gasteiger partial charge in [0.25, 0.3) is 0 Å². The Hall–Kier alpha value is -1.60. The molecule has 100 valence electrons. The molecule has 0 atom stereocenters. The summed E-state index contributed by atoms with van der Waals surface area (Å²) in [4.78, 5) is 0. The summed E-state index contributed by atoms with van der Waals surface area (Å²) in [6.45, 7) is 10.6. The molecule has 0 bridgehead atoms. The molecule has 0 unspecified atom stereocenters. The van der Waals surface area contributed by atoms with Gasteiger partial charge >= 0.3 is 0 Å². The van der Waals surface area contributed by atoms with Crippen LogP contribution in [0.4, 0.5) is 0 Å². The predicted molar refractivity (Wildman–Crippen MR) is 83.5 cm³/mol. The highest BCUT2D eigenvalue weighted by molar-refractivity contribution is 5.72. The number of aryl methyl sites for hydroxylation is 2. The molecule has 0 spiro atoms. The van der Waals surface area contributed by atoms with E-state index in [0.29, 0.717) is 0 Å². The van der Waals surface area contributed by atoms with Crippen molar-refractivity contribution < 1.29 is 0 Å². The van der Waals surface area contributed by atoms with E-state index in [2.05, 4.69) is 69.4 Å². The molecule has 1 nitrogen and oxygen atoms in total. The van der Waals surface area contributed by atoms with E-state index in [9.17, 15) is 0 Å². The third-order valence-electron chi connectivity index (χ3n) is 3.73. The Morgan fingerprint density at radius 1 is 0.947 bits per heavy atom. The highest BCUT2D eigenvalue weighted by Crippen LogP contribution is 2.29. The lowest BCUT2D eigenvalue weighted by Gasteiger charge is -2.15. The average Bonchev–Trinajstić information content (AvgIpc) is 2.40. The fourth-order valence-corrected chi connectivity index (χ4v) is 2.40. The number of benzene rings is 2. The van der Waals surface area contributed by atoms with E-state index >= 15 is 0 Å². The number of rotatable bonds is 4. The maximum Gasteiger partial charge on any atom is 0.0211 e. The van der Waals surface area contributed by atoms with Crippen molar-refractivity contribution in [2.75, 3.05) is 6.54 Å². The molecule has 0 aromatic heterocycles. The van der Waals surface area contributed by atoms with Crippen molar-refractivity contribution in [3.8, 4) is 11.1 Å². The van der Waals surface area contributed by atoms with Crippen LogP contribution in [0.3, 0.4) is 0 Å². The Bertz CT molecular complexity index is 570. The Balaban J connectivity index is 2.53. The molecule has 2 rings (SSSR count). The maximum atomic E-state index is 3.43. The van der Waals surface area contributed by atoms with Crippen molar-refractivity contribution in [2.45, 2.75) is 34.2 Å². The van der Waals surface area contributed by atoms with Crippen molar-refractivity contribution in [1.29, 1.82) is 0 Å². The minimum absolute atomic E-state index is 0.930. The topological polar surface area (TPSA) is 12.0 Å². The highest BCUT2D eigenvalue weighted by Gasteiger charge is 2.08. The third-order valence-corrected chi connectivity index (χ3v) is 3.73. The first-order valence-electron chi connectivity index (χ1n) is 7.00. The zero-order chi connectivity index (χ0) is 13.8. The average molecular weight is 253 g/mol. The van der Waals surface area contributed by atoms with Gasteiger partial charge in [-0.25, -0.2) is 0 Å². The Morgan fingerprint density at radius 2 is 1.74 bits per heavy atom. The monoisotopic (exact) mass is 253 g/mol. The lowest BCUT2D eigenvalue weighted by molar-refractivity contribution is 0.727. The van der Waals surface area contributed by atoms with Gasteiger partial charge in [0.15, 0.2) is 0 Å². The number of nitrogens with one attached hydrogen (secondary N) is 1. The molecule has 0 saturated heterocycles. The summed E-state index contributed by atoms with van der Waals surface area (Å²) in [5, 5.41) is 3.43. The van der Waals surface area contributed by atoms with Crippen LogP contribution in [0.25, 0.3) is 11.1 Å². The van der Waals surface area contributed by atoms with Crippen molar-refractivity contribution in [1.82, 2.24) is 5.32 Å². The smallest absolute Gasteiger partial charge is 0.0211 e. The fourth-order valence-electron chi connectivity index (χ4n) is 2.40. The Kier molecular flexibility index (Phi) is 4.39. The largest absolute Gasteiger partial charge is 0.313 e. The minimum Gasteiger partial charge on any atom is -0.313 e. The summed E-state index contributed by atoms with van der Waals surface area (Å²) in [5.74, 6) is 0. The van der Waals surface area contributed by atoms with Crippen LogP contribution in [0.1, 0.15) is 29.2 Å². The Labute approximate surface area is 116 Å². The number of hydrogen-bond donors (Lipinski definition) is 1. The van der Waals surface area contributed by atoms with Gasteiger partial charge in [0.05, 0.1) is 0 Å². The molecular formula is C18H23N. The Morgan fingerprint density at radius 3 is 2.47 bits per heavy atom. The van der Waals surface area contributed by atoms with Crippen molar-refractivity contribution in [3.05, 3.63) is 58.7 Å². The van der Waals surface area contributed by atoms with Gasteiger partial charge < -0.3 is 5.32 Å². The lowest BCUT2D eigenvalue weighted by atomic mass is 9.92. The van der Waals surface area contributed by atoms with E-state index in [0.717, 1.165) is 13.1 Å². The molecule has 0 aliphatic carbocycles. The van der Waals surface area contributed by atoms with E-state index in [1.54, 1.807) is 0 Å². The van der Waals surface area contributed by atoms with Crippen LogP contribution >= 0.6 is 0 Å². The van der Waals surface area contributed by atoms with E-state index in [4.69, 9.17) is 0 Å². The second kappa shape index (κ2) is 6.03. The molecule has 2 aromatic carbocycles. The van der Waals surface area contributed by atoms with Gasteiger partial charge in [0.2, 0.25) is 0 Å². The van der Waals surface area contributed by atoms with Gasteiger partial charge in [-0.05, 0) is 55.1 Å². The quantitative estimate of drug-likeness (QED) is 0.852. The maximum absolute atomic E-state index is 3.43. The first-order valence-corrected chi connectivity index (χ1v) is 7.00. The van der Waals surface area contributed by atoms with Gasteiger partial charge in [-0.15, -0.1) is 0 Å². The van der Waals surface area contributed by atoms with Gasteiger partial charge in [0, 0.05) is 6.54 Å². The summed E-state index contributed by atoms with van der Waals surface area (Å²) < 4.78 is 0. The van der Waals surface area contributed by atoms with Gasteiger partial charge in [-0.1, -0.05) is 48.9 Å². The molecule has 1 heteroatoms. The fraction of sp³-hybridized carbons (Fsp3) is 0.333. The zero-order valence-electron chi connectivity index (χ0n) is 12.4. The predicted octanol–water partition coefficient (Wildman–Crippen LogP) is 4.39. The molecule has 0 aliphatic heterocycles. The molecule has 0 fully saturated rings. The number of hydrogen-bond acceptors (Lipinski definition) is 1. The van der Waals surface area contributed by atoms with Crippen molar-refractivity contribution in [2.24, 2.45) is 0 Å². The normalized spacial score (nSPS) is 10.7. The van der Waals surface area contributed by atoms with Gasteiger partial charge in [-0.2, -0.15) is 0 Å². The van der Waals surface area contributed by atoms with Crippen LogP contribution in [-0.4, -0.2) is 6.54 Å². The first-order chi connectivity index (χ1) is 9.13. The van der Waals surface area contributed by atoms with Crippen LogP contribution < -0.4 is 5.32 Å². The molecular weight excluding hydrogens is 230 g/mol. The summed E-state index contributed by atoms with van der Waals surface area (Å²) >= 11 is 0. The van der Waals surface area contributed by atoms with Crippen LogP contribution in [0, 0.1) is 20.8 Å². The first kappa shape index (κ1) is 13.8. The summed E-state index contributed by atoms with van der Waals surface area (Å²) in [6, 6.07) is 13.3. The van der Waals surface area contributed by atoms with E-state index in [1.165, 1.54) is 33.4 Å². The van der Waals surface area contributed by atoms with Crippen LogP contribution in [0.15, 0.2) is 36.4 Å². The molecule has 19 heavy (non-hydrogen) atoms. The van der Waals surface area contributed by atoms with E-state index in [1.807, 2.05) is 0 Å². The molecule has 0 aliphatic rings. The van der Waals surface area contributed by atoms with Gasteiger partial charge in [-0.3, -0.25) is 0 Å². The third kappa shape index (κ3) is 3.05. The van der Waals surface area contributed by atoms with E-state index < -0.39 is 0 Å². The highest BCUT2D eigenvalue weighted by atomic mass is 14.8. The summed E-state index contributed by atoms with van der Waals surface area (Å²) in [6.07, 6.45) is 0. The SMILES string of the molecule is CCNCc1ccc(C)cc1-c1cccc(C)c1C. The lowest BCUT2D eigenvalue weighted by Crippen LogP contribution is -2.12. The summed E-state index contributed by atoms with van der Waals surface area (Å²) in [7, 11) is 0. The summed E-state index contributed by atoms with van der Waals surface area (Å²) in [5.41, 5.74) is 8.15.